The van der Waals surface area contributed by atoms with E-state index in [0.29, 0.717) is 12.1 Å². The number of benzene rings is 1. The molecule has 1 aromatic carbocycles. The number of hydrogen-bond acceptors (Lipinski definition) is 3. The number of fused-ring (bicyclic) bond motifs is 2. The molecule has 2 unspecified atom stereocenters. The van der Waals surface area contributed by atoms with Gasteiger partial charge >= 0.3 is 0 Å². The lowest BCUT2D eigenvalue weighted by Crippen LogP contribution is -2.46. The molecule has 4 nitrogen and oxygen atoms in total. The Morgan fingerprint density at radius 2 is 1.90 bits per heavy atom. The lowest BCUT2D eigenvalue weighted by Gasteiger charge is -2.29. The quantitative estimate of drug-likeness (QED) is 0.628. The zero-order chi connectivity index (χ0) is 15.0. The second kappa shape index (κ2) is 5.30. The molecule has 5 heteroatoms. The van der Waals surface area contributed by atoms with E-state index in [1.165, 1.54) is 18.2 Å². The highest BCUT2D eigenvalue weighted by molar-refractivity contribution is 6.18. The van der Waals surface area contributed by atoms with Crippen LogP contribution in [0, 0.1) is 29.5 Å². The van der Waals surface area contributed by atoms with Crippen molar-refractivity contribution in [3.63, 3.8) is 0 Å². The largest absolute Gasteiger partial charge is 0.384 e. The van der Waals surface area contributed by atoms with Crippen LogP contribution < -0.4 is 4.90 Å². The zero-order valence-electron chi connectivity index (χ0n) is 11.3. The third-order valence-electron chi connectivity index (χ3n) is 4.08. The minimum atomic E-state index is -0.542. The van der Waals surface area contributed by atoms with Crippen molar-refractivity contribution in [1.82, 2.24) is 0 Å². The molecular weight excluding hydrogens is 273 g/mol. The van der Waals surface area contributed by atoms with E-state index in [4.69, 9.17) is 5.11 Å². The van der Waals surface area contributed by atoms with Crippen LogP contribution in [0.4, 0.5) is 10.1 Å². The molecule has 1 aromatic rings. The molecule has 0 spiro atoms. The number of carbonyl (C=O) groups is 2. The molecule has 1 saturated carbocycles. The number of anilines is 1. The number of rotatable bonds is 1. The highest BCUT2D eigenvalue weighted by Crippen LogP contribution is 2.40. The molecule has 21 heavy (non-hydrogen) atoms. The Hall–Kier alpha value is -2.19. The highest BCUT2D eigenvalue weighted by atomic mass is 19.1. The van der Waals surface area contributed by atoms with Crippen LogP contribution in [0.25, 0.3) is 0 Å². The smallest absolute Gasteiger partial charge is 0.236 e. The molecule has 2 atom stereocenters. The van der Waals surface area contributed by atoms with Gasteiger partial charge in [0.05, 0.1) is 11.3 Å². The zero-order valence-corrected chi connectivity index (χ0v) is 11.3. The van der Waals surface area contributed by atoms with E-state index in [0.717, 1.165) is 17.7 Å². The molecular formula is C16H14FNO3. The first-order chi connectivity index (χ1) is 10.1. The average molecular weight is 287 g/mol. The average Bonchev–Trinajstić information content (AvgIpc) is 2.93. The molecule has 2 fully saturated rings. The van der Waals surface area contributed by atoms with Crippen molar-refractivity contribution in [2.45, 2.75) is 19.3 Å². The van der Waals surface area contributed by atoms with Gasteiger partial charge in [0.2, 0.25) is 11.8 Å². The number of imide groups is 1. The molecule has 1 aliphatic heterocycles. The molecule has 1 saturated heterocycles. The van der Waals surface area contributed by atoms with E-state index in [1.54, 1.807) is 0 Å². The van der Waals surface area contributed by atoms with Gasteiger partial charge in [-0.05, 0) is 37.5 Å². The Morgan fingerprint density at radius 3 is 2.52 bits per heavy atom. The van der Waals surface area contributed by atoms with E-state index >= 15 is 0 Å². The van der Waals surface area contributed by atoms with Crippen LogP contribution in [0.15, 0.2) is 18.2 Å². The molecule has 2 bridgehead atoms. The van der Waals surface area contributed by atoms with Gasteiger partial charge in [-0.1, -0.05) is 11.8 Å². The van der Waals surface area contributed by atoms with E-state index in [1.807, 2.05) is 0 Å². The van der Waals surface area contributed by atoms with Crippen LogP contribution in [0.2, 0.25) is 0 Å². The number of aliphatic hydroxyl groups is 1. The fraction of sp³-hybridized carbons (Fsp3) is 0.375. The third kappa shape index (κ3) is 2.32. The summed E-state index contributed by atoms with van der Waals surface area (Å²) in [4.78, 5) is 25.8. The maximum Gasteiger partial charge on any atom is 0.236 e. The Morgan fingerprint density at radius 1 is 1.24 bits per heavy atom. The van der Waals surface area contributed by atoms with Gasteiger partial charge in [0.1, 0.15) is 12.4 Å². The third-order valence-corrected chi connectivity index (χ3v) is 4.08. The van der Waals surface area contributed by atoms with Crippen LogP contribution >= 0.6 is 0 Å². The van der Waals surface area contributed by atoms with Gasteiger partial charge in [-0.2, -0.15) is 0 Å². The van der Waals surface area contributed by atoms with Crippen molar-refractivity contribution in [2.24, 2.45) is 11.8 Å². The van der Waals surface area contributed by atoms with Crippen LogP contribution in [0.1, 0.15) is 24.8 Å². The predicted octanol–water partition coefficient (Wildman–Crippen LogP) is 1.46. The van der Waals surface area contributed by atoms with Gasteiger partial charge in [0.25, 0.3) is 0 Å². The lowest BCUT2D eigenvalue weighted by molar-refractivity contribution is -0.132. The highest BCUT2D eigenvalue weighted by Gasteiger charge is 2.45. The summed E-state index contributed by atoms with van der Waals surface area (Å²) in [5, 5.41) is 8.68. The Balaban J connectivity index is 2.00. The lowest BCUT2D eigenvalue weighted by atomic mass is 9.96. The molecule has 3 rings (SSSR count). The first-order valence-electron chi connectivity index (χ1n) is 6.89. The summed E-state index contributed by atoms with van der Waals surface area (Å²) in [5.74, 6) is 3.68. The van der Waals surface area contributed by atoms with Gasteiger partial charge in [-0.25, -0.2) is 4.39 Å². The van der Waals surface area contributed by atoms with Crippen LogP contribution in [-0.2, 0) is 9.59 Å². The number of aliphatic hydroxyl groups excluding tert-OH is 1. The maximum atomic E-state index is 13.6. The van der Waals surface area contributed by atoms with Crippen LogP contribution in [0.3, 0.4) is 0 Å². The van der Waals surface area contributed by atoms with Gasteiger partial charge in [-0.3, -0.25) is 14.5 Å². The molecule has 2 amide bonds. The van der Waals surface area contributed by atoms with E-state index < -0.39 is 5.82 Å². The summed E-state index contributed by atoms with van der Waals surface area (Å²) in [6.45, 7) is -0.380. The summed E-state index contributed by atoms with van der Waals surface area (Å²) in [5.41, 5.74) is 0.422. The molecule has 0 radical (unpaired) electrons. The molecule has 1 N–H and O–H groups in total. The second-order valence-corrected chi connectivity index (χ2v) is 5.34. The number of amides is 2. The van der Waals surface area contributed by atoms with Gasteiger partial charge in [0.15, 0.2) is 0 Å². The monoisotopic (exact) mass is 287 g/mol. The van der Waals surface area contributed by atoms with Crippen molar-refractivity contribution in [1.29, 1.82) is 0 Å². The number of halogens is 1. The molecule has 2 aliphatic rings. The number of nitrogens with zero attached hydrogens (tertiary/aromatic N) is 1. The minimum absolute atomic E-state index is 0.0695. The van der Waals surface area contributed by atoms with E-state index in [-0.39, 0.29) is 35.8 Å². The fourth-order valence-corrected chi connectivity index (χ4v) is 3.04. The number of carbonyl (C=O) groups excluding carboxylic acids is 2. The first kappa shape index (κ1) is 13.8. The summed E-state index contributed by atoms with van der Waals surface area (Å²) >= 11 is 0. The van der Waals surface area contributed by atoms with Crippen molar-refractivity contribution in [3.8, 4) is 11.8 Å². The van der Waals surface area contributed by atoms with Crippen molar-refractivity contribution in [3.05, 3.63) is 29.6 Å². The van der Waals surface area contributed by atoms with Crippen molar-refractivity contribution < 1.29 is 19.1 Å². The number of hydrogen-bond donors (Lipinski definition) is 1. The predicted molar refractivity (Wildman–Crippen MR) is 73.7 cm³/mol. The Kier molecular flexibility index (Phi) is 3.48. The van der Waals surface area contributed by atoms with Crippen LogP contribution in [0.5, 0.6) is 0 Å². The topological polar surface area (TPSA) is 57.6 Å². The molecule has 1 heterocycles. The molecule has 108 valence electrons. The fourth-order valence-electron chi connectivity index (χ4n) is 3.04. The Bertz CT molecular complexity index is 652. The maximum absolute atomic E-state index is 13.6. The Labute approximate surface area is 121 Å². The minimum Gasteiger partial charge on any atom is -0.384 e. The van der Waals surface area contributed by atoms with Gasteiger partial charge < -0.3 is 5.11 Å². The summed E-state index contributed by atoms with van der Waals surface area (Å²) < 4.78 is 13.6. The van der Waals surface area contributed by atoms with E-state index in [2.05, 4.69) is 11.8 Å². The first-order valence-corrected chi connectivity index (χ1v) is 6.89. The molecule has 1 aliphatic carbocycles. The SMILES string of the molecule is O=C1C2CCC(C2)C(=O)N1c1ccc(F)c(C#CCO)c1. The molecule has 0 aromatic heterocycles. The van der Waals surface area contributed by atoms with Gasteiger partial charge in [0, 0.05) is 11.8 Å². The van der Waals surface area contributed by atoms with Crippen LogP contribution in [-0.4, -0.2) is 23.5 Å². The van der Waals surface area contributed by atoms with Crippen molar-refractivity contribution in [2.75, 3.05) is 11.5 Å². The normalized spacial score (nSPS) is 24.0. The van der Waals surface area contributed by atoms with E-state index in [9.17, 15) is 14.0 Å². The standard InChI is InChI=1S/C16H14FNO3/c17-14-6-5-13(9-10(14)2-1-7-19)18-15(20)11-3-4-12(8-11)16(18)21/h5-6,9,11-12,19H,3-4,7-8H2. The van der Waals surface area contributed by atoms with Gasteiger partial charge in [-0.15, -0.1) is 0 Å². The summed E-state index contributed by atoms with van der Waals surface area (Å²) in [6, 6.07) is 3.99. The second-order valence-electron chi connectivity index (χ2n) is 5.34. The number of piperidine rings is 1. The van der Waals surface area contributed by atoms with Crippen molar-refractivity contribution >= 4 is 17.5 Å². The summed E-state index contributed by atoms with van der Waals surface area (Å²) in [6.07, 6.45) is 2.11. The summed E-state index contributed by atoms with van der Waals surface area (Å²) in [7, 11) is 0.